The molecule has 0 bridgehead atoms. The zero-order chi connectivity index (χ0) is 21.5. The number of amides is 4. The number of methoxy groups -OCH3 is 1. The van der Waals surface area contributed by atoms with Crippen molar-refractivity contribution in [3.63, 3.8) is 0 Å². The van der Waals surface area contributed by atoms with Gasteiger partial charge in [0.1, 0.15) is 0 Å². The average molecular weight is 437 g/mol. The predicted molar refractivity (Wildman–Crippen MR) is 113 cm³/mol. The highest BCUT2D eigenvalue weighted by atomic mass is 35.5. The highest BCUT2D eigenvalue weighted by molar-refractivity contribution is 6.30. The Balaban J connectivity index is 1.36. The second-order valence-electron chi connectivity index (χ2n) is 7.78. The maximum atomic E-state index is 12.8. The first-order valence-electron chi connectivity index (χ1n) is 10.4. The summed E-state index contributed by atoms with van der Waals surface area (Å²) in [5.41, 5.74) is 0.983. The number of nitrogens with one attached hydrogen (secondary N) is 2. The van der Waals surface area contributed by atoms with Crippen LogP contribution in [0.25, 0.3) is 0 Å². The second-order valence-corrected chi connectivity index (χ2v) is 8.22. The molecule has 3 rings (SSSR count). The first-order chi connectivity index (χ1) is 14.5. The zero-order valence-electron chi connectivity index (χ0n) is 17.2. The normalized spacial score (nSPS) is 21.7. The highest BCUT2D eigenvalue weighted by Crippen LogP contribution is 2.26. The molecule has 1 aromatic rings. The van der Waals surface area contributed by atoms with Gasteiger partial charge in [-0.1, -0.05) is 23.7 Å². The molecule has 0 aromatic heterocycles. The maximum absolute atomic E-state index is 12.8. The van der Waals surface area contributed by atoms with Crippen LogP contribution >= 0.6 is 11.6 Å². The van der Waals surface area contributed by atoms with Crippen LogP contribution in [0.1, 0.15) is 31.2 Å². The summed E-state index contributed by atoms with van der Waals surface area (Å²) in [5, 5.41) is 6.53. The summed E-state index contributed by atoms with van der Waals surface area (Å²) in [6.45, 7) is 2.53. The van der Waals surface area contributed by atoms with E-state index in [2.05, 4.69) is 10.6 Å². The van der Waals surface area contributed by atoms with Crippen molar-refractivity contribution in [2.45, 2.75) is 38.3 Å². The van der Waals surface area contributed by atoms with Gasteiger partial charge in [-0.25, -0.2) is 9.59 Å². The first-order valence-corrected chi connectivity index (χ1v) is 10.7. The summed E-state index contributed by atoms with van der Waals surface area (Å²) in [6.07, 6.45) is 2.75. The minimum atomic E-state index is -0.344. The van der Waals surface area contributed by atoms with Crippen LogP contribution in [0.4, 0.5) is 9.59 Å². The lowest BCUT2D eigenvalue weighted by molar-refractivity contribution is -0.138. The van der Waals surface area contributed by atoms with Crippen LogP contribution in [0.3, 0.4) is 0 Å². The molecule has 1 aromatic carbocycles. The molecular weight excluding hydrogens is 408 g/mol. The molecule has 0 atom stereocenters. The van der Waals surface area contributed by atoms with Gasteiger partial charge >= 0.3 is 12.1 Å². The van der Waals surface area contributed by atoms with E-state index in [1.165, 1.54) is 7.11 Å². The molecule has 2 N–H and O–H groups in total. The van der Waals surface area contributed by atoms with Gasteiger partial charge in [0.05, 0.1) is 7.11 Å². The standard InChI is InChI=1S/C21H29ClN4O4/c1-30-21(29)26-12-10-25(11-13-26)19(27)16-4-8-18(9-5-16)24-20(28)23-14-15-2-6-17(22)7-3-15/h2-3,6-7,16,18H,4-5,8-14H2,1H3,(H2,23,24,28). The molecule has 1 aliphatic heterocycles. The Kier molecular flexibility index (Phi) is 7.79. The van der Waals surface area contributed by atoms with E-state index in [-0.39, 0.29) is 30.0 Å². The molecule has 1 heterocycles. The lowest BCUT2D eigenvalue weighted by atomic mass is 9.85. The zero-order valence-corrected chi connectivity index (χ0v) is 18.0. The van der Waals surface area contributed by atoms with Gasteiger partial charge in [-0.05, 0) is 43.4 Å². The van der Waals surface area contributed by atoms with Crippen LogP contribution in [0.2, 0.25) is 5.02 Å². The van der Waals surface area contributed by atoms with Crippen LogP contribution in [0.15, 0.2) is 24.3 Å². The minimum absolute atomic E-state index is 0.00939. The number of hydrogen-bond acceptors (Lipinski definition) is 4. The van der Waals surface area contributed by atoms with Crippen molar-refractivity contribution >= 4 is 29.6 Å². The second kappa shape index (κ2) is 10.5. The fourth-order valence-corrected chi connectivity index (χ4v) is 4.13. The Morgan fingerprint density at radius 2 is 1.60 bits per heavy atom. The number of hydrogen-bond donors (Lipinski definition) is 2. The molecule has 0 radical (unpaired) electrons. The molecule has 2 aliphatic rings. The van der Waals surface area contributed by atoms with Gasteiger partial charge in [-0.3, -0.25) is 4.79 Å². The van der Waals surface area contributed by atoms with Crippen LogP contribution in [-0.4, -0.2) is 67.2 Å². The summed E-state index contributed by atoms with van der Waals surface area (Å²) in [4.78, 5) is 40.0. The van der Waals surface area contributed by atoms with Crippen LogP contribution in [0, 0.1) is 5.92 Å². The van der Waals surface area contributed by atoms with Crippen molar-refractivity contribution in [3.05, 3.63) is 34.9 Å². The van der Waals surface area contributed by atoms with E-state index in [0.717, 1.165) is 31.2 Å². The topological polar surface area (TPSA) is 91.0 Å². The number of benzene rings is 1. The largest absolute Gasteiger partial charge is 0.453 e. The van der Waals surface area contributed by atoms with Gasteiger partial charge < -0.3 is 25.2 Å². The average Bonchev–Trinajstić information content (AvgIpc) is 2.78. The SMILES string of the molecule is COC(=O)N1CCN(C(=O)C2CCC(NC(=O)NCc3ccc(Cl)cc3)CC2)CC1. The Morgan fingerprint density at radius 3 is 2.20 bits per heavy atom. The number of nitrogens with zero attached hydrogens (tertiary/aromatic N) is 2. The summed E-state index contributed by atoms with van der Waals surface area (Å²) < 4.78 is 4.73. The molecule has 4 amide bonds. The van der Waals surface area contributed by atoms with E-state index in [4.69, 9.17) is 16.3 Å². The quantitative estimate of drug-likeness (QED) is 0.759. The van der Waals surface area contributed by atoms with E-state index in [1.807, 2.05) is 17.0 Å². The summed E-state index contributed by atoms with van der Waals surface area (Å²) in [6, 6.07) is 7.23. The fraction of sp³-hybridized carbons (Fsp3) is 0.571. The number of rotatable bonds is 4. The van der Waals surface area contributed by atoms with E-state index in [1.54, 1.807) is 17.0 Å². The molecule has 1 saturated heterocycles. The summed E-state index contributed by atoms with van der Waals surface area (Å²) >= 11 is 5.86. The third-order valence-corrected chi connectivity index (χ3v) is 6.05. The molecule has 1 saturated carbocycles. The van der Waals surface area contributed by atoms with Crippen molar-refractivity contribution in [2.24, 2.45) is 5.92 Å². The third-order valence-electron chi connectivity index (χ3n) is 5.80. The molecular formula is C21H29ClN4O4. The number of urea groups is 1. The van der Waals surface area contributed by atoms with E-state index in [9.17, 15) is 14.4 Å². The molecule has 1 aliphatic carbocycles. The van der Waals surface area contributed by atoms with Gasteiger partial charge in [0.2, 0.25) is 5.91 Å². The van der Waals surface area contributed by atoms with Gasteiger partial charge in [0.25, 0.3) is 0 Å². The number of carbonyl (C=O) groups excluding carboxylic acids is 3. The fourth-order valence-electron chi connectivity index (χ4n) is 4.00. The van der Waals surface area contributed by atoms with Gasteiger partial charge in [0.15, 0.2) is 0 Å². The van der Waals surface area contributed by atoms with Crippen molar-refractivity contribution in [1.29, 1.82) is 0 Å². The smallest absolute Gasteiger partial charge is 0.409 e. The molecule has 9 heteroatoms. The lowest BCUT2D eigenvalue weighted by Gasteiger charge is -2.37. The molecule has 2 fully saturated rings. The highest BCUT2D eigenvalue weighted by Gasteiger charge is 2.32. The Bertz CT molecular complexity index is 742. The van der Waals surface area contributed by atoms with E-state index >= 15 is 0 Å². The van der Waals surface area contributed by atoms with Gasteiger partial charge in [-0.2, -0.15) is 0 Å². The van der Waals surface area contributed by atoms with Gasteiger partial charge in [-0.15, -0.1) is 0 Å². The number of carbonyl (C=O) groups is 3. The van der Waals surface area contributed by atoms with Crippen molar-refractivity contribution in [2.75, 3.05) is 33.3 Å². The molecule has 8 nitrogen and oxygen atoms in total. The van der Waals surface area contributed by atoms with Gasteiger partial charge in [0, 0.05) is 49.7 Å². The van der Waals surface area contributed by atoms with Crippen LogP contribution < -0.4 is 10.6 Å². The summed E-state index contributed by atoms with van der Waals surface area (Å²) in [5.74, 6) is 0.148. The van der Waals surface area contributed by atoms with Crippen molar-refractivity contribution in [3.8, 4) is 0 Å². The Morgan fingerprint density at radius 1 is 1.00 bits per heavy atom. The van der Waals surface area contributed by atoms with E-state index < -0.39 is 0 Å². The molecule has 30 heavy (non-hydrogen) atoms. The number of piperazine rings is 1. The number of halogens is 1. The minimum Gasteiger partial charge on any atom is -0.453 e. The monoisotopic (exact) mass is 436 g/mol. The van der Waals surface area contributed by atoms with E-state index in [0.29, 0.717) is 37.7 Å². The van der Waals surface area contributed by atoms with Crippen LogP contribution in [-0.2, 0) is 16.1 Å². The maximum Gasteiger partial charge on any atom is 0.409 e. The van der Waals surface area contributed by atoms with Crippen LogP contribution in [0.5, 0.6) is 0 Å². The number of ether oxygens (including phenoxy) is 1. The third kappa shape index (κ3) is 6.01. The first kappa shape index (κ1) is 22.2. The Hall–Kier alpha value is -2.48. The molecule has 0 unspecified atom stereocenters. The predicted octanol–water partition coefficient (Wildman–Crippen LogP) is 2.61. The molecule has 0 spiro atoms. The lowest BCUT2D eigenvalue weighted by Crippen LogP contribution is -2.52. The summed E-state index contributed by atoms with van der Waals surface area (Å²) in [7, 11) is 1.37. The molecule has 164 valence electrons. The van der Waals surface area contributed by atoms with Crippen molar-refractivity contribution < 1.29 is 19.1 Å². The Labute approximate surface area is 181 Å². The van der Waals surface area contributed by atoms with Crippen molar-refractivity contribution in [1.82, 2.24) is 20.4 Å².